The van der Waals surface area contributed by atoms with Crippen molar-refractivity contribution in [1.29, 1.82) is 0 Å². The third kappa shape index (κ3) is 6.69. The molecule has 1 aliphatic heterocycles. The number of halogens is 3. The first-order valence-electron chi connectivity index (χ1n) is 14.3. The number of aromatic nitrogens is 1. The molecule has 46 heavy (non-hydrogen) atoms. The number of carboxylic acid groups (broad SMARTS) is 1. The molecule has 0 spiro atoms. The van der Waals surface area contributed by atoms with Gasteiger partial charge in [-0.05, 0) is 61.3 Å². The average molecular weight is 658 g/mol. The first-order valence-corrected chi connectivity index (χ1v) is 15.8. The van der Waals surface area contributed by atoms with Crippen molar-refractivity contribution in [2.24, 2.45) is 0 Å². The highest BCUT2D eigenvalue weighted by Crippen LogP contribution is 2.44. The van der Waals surface area contributed by atoms with Crippen molar-refractivity contribution in [2.45, 2.75) is 41.3 Å². The van der Waals surface area contributed by atoms with Gasteiger partial charge in [-0.2, -0.15) is 13.2 Å². The van der Waals surface area contributed by atoms with Gasteiger partial charge in [0.15, 0.2) is 9.84 Å². The number of likely N-dealkylation sites (tertiary alicyclic amines) is 1. The van der Waals surface area contributed by atoms with Crippen molar-refractivity contribution in [2.75, 3.05) is 19.6 Å². The molecular weight excluding hydrogens is 627 g/mol. The van der Waals surface area contributed by atoms with Crippen LogP contribution in [0.5, 0.6) is 0 Å². The predicted octanol–water partition coefficient (Wildman–Crippen LogP) is 5.38. The smallest absolute Gasteiger partial charge is 0.422 e. The normalized spacial score (nSPS) is 16.5. The molecule has 242 valence electrons. The first kappa shape index (κ1) is 32.9. The Balaban J connectivity index is 1.40. The molecule has 0 aliphatic carbocycles. The monoisotopic (exact) mass is 657 g/mol. The third-order valence-corrected chi connectivity index (χ3v) is 10.5. The van der Waals surface area contributed by atoms with Crippen LogP contribution in [0.3, 0.4) is 0 Å². The molecule has 1 unspecified atom stereocenters. The molecule has 0 radical (unpaired) electrons. The Morgan fingerprint density at radius 1 is 1.02 bits per heavy atom. The van der Waals surface area contributed by atoms with E-state index >= 15 is 0 Å². The highest BCUT2D eigenvalue weighted by molar-refractivity contribution is 7.92. The van der Waals surface area contributed by atoms with Crippen LogP contribution in [0.1, 0.15) is 29.5 Å². The van der Waals surface area contributed by atoms with Crippen LogP contribution < -0.4 is 0 Å². The molecule has 1 aliphatic rings. The van der Waals surface area contributed by atoms with Crippen molar-refractivity contribution in [3.63, 3.8) is 0 Å². The van der Waals surface area contributed by atoms with Gasteiger partial charge >= 0.3 is 12.1 Å². The van der Waals surface area contributed by atoms with Crippen LogP contribution in [0.25, 0.3) is 17.0 Å². The highest BCUT2D eigenvalue weighted by Gasteiger charge is 2.57. The summed E-state index contributed by atoms with van der Waals surface area (Å²) in [5.74, 6) is -1.15. The van der Waals surface area contributed by atoms with E-state index in [9.17, 15) is 41.6 Å². The highest BCUT2D eigenvalue weighted by atomic mass is 32.2. The minimum absolute atomic E-state index is 0.0143. The summed E-state index contributed by atoms with van der Waals surface area (Å²) in [6.07, 6.45) is -1.66. The maximum absolute atomic E-state index is 14.8. The molecule has 2 N–H and O–H groups in total. The summed E-state index contributed by atoms with van der Waals surface area (Å²) in [6, 6.07) is 18.0. The van der Waals surface area contributed by atoms with Gasteiger partial charge in [0.05, 0.1) is 20.6 Å². The molecular formula is C32H30F3N3O7S. The Labute approximate surface area is 262 Å². The fourth-order valence-corrected chi connectivity index (χ4v) is 7.52. The van der Waals surface area contributed by atoms with Gasteiger partial charge in [-0.25, -0.2) is 13.2 Å². The molecule has 3 aromatic carbocycles. The Morgan fingerprint density at radius 3 is 2.26 bits per heavy atom. The number of hydrogen-bond donors (Lipinski definition) is 2. The molecule has 2 heterocycles. The molecule has 1 aromatic heterocycles. The Hall–Kier alpha value is -4.53. The van der Waals surface area contributed by atoms with Crippen molar-refractivity contribution < 1.29 is 41.5 Å². The van der Waals surface area contributed by atoms with Crippen LogP contribution in [0.15, 0.2) is 90.0 Å². The van der Waals surface area contributed by atoms with Gasteiger partial charge in [-0.3, -0.25) is 15.0 Å². The number of nitrogens with zero attached hydrogens (tertiary/aromatic N) is 3. The van der Waals surface area contributed by atoms with Crippen molar-refractivity contribution in [3.05, 3.63) is 112 Å². The molecule has 1 saturated heterocycles. The molecule has 4 aromatic rings. The Morgan fingerprint density at radius 2 is 1.67 bits per heavy atom. The van der Waals surface area contributed by atoms with E-state index in [1.807, 2.05) is 0 Å². The van der Waals surface area contributed by atoms with E-state index in [0.29, 0.717) is 5.56 Å². The molecule has 1 atom stereocenters. The van der Waals surface area contributed by atoms with Gasteiger partial charge < -0.3 is 14.8 Å². The van der Waals surface area contributed by atoms with Crippen molar-refractivity contribution >= 4 is 38.5 Å². The summed E-state index contributed by atoms with van der Waals surface area (Å²) in [5, 5.41) is 30.9. The van der Waals surface area contributed by atoms with E-state index in [1.54, 1.807) is 30.3 Å². The lowest BCUT2D eigenvalue weighted by atomic mass is 9.91. The van der Waals surface area contributed by atoms with Crippen molar-refractivity contribution in [1.82, 2.24) is 9.47 Å². The summed E-state index contributed by atoms with van der Waals surface area (Å²) in [6.45, 7) is -0.826. The van der Waals surface area contributed by atoms with E-state index in [0.717, 1.165) is 17.7 Å². The standard InChI is InChI=1S/C32H30F3N3O7S/c33-32(34,35)31(41,28-20-37(19-23-4-2-1-3-5-23)29-18-24(38(42)43)9-12-27(28)29)21-36-16-14-26(15-17-36)46(44,45)25-10-6-22(7-11-25)8-13-30(39)40/h1-13,18,20,26,41H,14-17,19,21H2,(H,39,40). The van der Waals surface area contributed by atoms with Crippen LogP contribution in [0.4, 0.5) is 18.9 Å². The third-order valence-electron chi connectivity index (χ3n) is 8.24. The van der Waals surface area contributed by atoms with Gasteiger partial charge in [0, 0.05) is 48.4 Å². The number of aliphatic carboxylic acids is 1. The largest absolute Gasteiger partial charge is 0.478 e. The summed E-state index contributed by atoms with van der Waals surface area (Å²) >= 11 is 0. The zero-order valence-electron chi connectivity index (χ0n) is 24.3. The zero-order valence-corrected chi connectivity index (χ0v) is 25.1. The number of carboxylic acids is 1. The minimum atomic E-state index is -5.14. The van der Waals surface area contributed by atoms with Crippen molar-refractivity contribution in [3.8, 4) is 0 Å². The number of alkyl halides is 3. The summed E-state index contributed by atoms with van der Waals surface area (Å²) in [7, 11) is -3.83. The van der Waals surface area contributed by atoms with E-state index in [4.69, 9.17) is 5.11 Å². The Bertz CT molecular complexity index is 1880. The van der Waals surface area contributed by atoms with E-state index in [-0.39, 0.29) is 54.0 Å². The second kappa shape index (κ2) is 12.7. The molecule has 0 bridgehead atoms. The fraction of sp³-hybridized carbons (Fsp3) is 0.281. The first-order chi connectivity index (χ1) is 21.7. The number of fused-ring (bicyclic) bond motifs is 1. The number of β-amino-alcohol motifs (C(OH)–C–C–N with tert-alkyl or cyclic N) is 1. The number of carbonyl (C=O) groups is 1. The van der Waals surface area contributed by atoms with Crippen LogP contribution in [-0.2, 0) is 26.8 Å². The number of nitro groups is 1. The van der Waals surface area contributed by atoms with Crippen LogP contribution in [0.2, 0.25) is 0 Å². The summed E-state index contributed by atoms with van der Waals surface area (Å²) in [4.78, 5) is 23.0. The molecule has 0 amide bonds. The maximum atomic E-state index is 14.8. The molecule has 1 fully saturated rings. The van der Waals surface area contributed by atoms with Crippen LogP contribution >= 0.6 is 0 Å². The van der Waals surface area contributed by atoms with Gasteiger partial charge in [0.1, 0.15) is 0 Å². The SMILES string of the molecule is O=C(O)C=Cc1ccc(S(=O)(=O)C2CCN(CC(O)(c3cn(Cc4ccccc4)c4cc([N+](=O)[O-])ccc34)C(F)(F)F)CC2)cc1. The minimum Gasteiger partial charge on any atom is -0.478 e. The fourth-order valence-electron chi connectivity index (χ4n) is 5.79. The van der Waals surface area contributed by atoms with Gasteiger partial charge in [0.2, 0.25) is 5.60 Å². The predicted molar refractivity (Wildman–Crippen MR) is 164 cm³/mol. The molecule has 14 heteroatoms. The number of benzene rings is 3. The number of sulfone groups is 1. The van der Waals surface area contributed by atoms with Gasteiger partial charge in [-0.1, -0.05) is 42.5 Å². The number of hydrogen-bond acceptors (Lipinski definition) is 7. The second-order valence-corrected chi connectivity index (χ2v) is 13.5. The number of aliphatic hydroxyl groups is 1. The molecule has 10 nitrogen and oxygen atoms in total. The summed E-state index contributed by atoms with van der Waals surface area (Å²) < 4.78 is 72.5. The lowest BCUT2D eigenvalue weighted by Gasteiger charge is -2.38. The van der Waals surface area contributed by atoms with Gasteiger partial charge in [0.25, 0.3) is 5.69 Å². The van der Waals surface area contributed by atoms with Crippen LogP contribution in [0, 0.1) is 10.1 Å². The maximum Gasteiger partial charge on any atom is 0.422 e. The quantitative estimate of drug-likeness (QED) is 0.131. The lowest BCUT2D eigenvalue weighted by molar-refractivity contribution is -0.384. The molecule has 5 rings (SSSR count). The number of rotatable bonds is 10. The molecule has 0 saturated carbocycles. The second-order valence-electron chi connectivity index (χ2n) is 11.2. The number of non-ortho nitro benzene ring substituents is 1. The van der Waals surface area contributed by atoms with E-state index < -0.39 is 49.9 Å². The lowest BCUT2D eigenvalue weighted by Crippen LogP contribution is -2.53. The zero-order chi connectivity index (χ0) is 33.3. The summed E-state index contributed by atoms with van der Waals surface area (Å²) in [5.41, 5.74) is -2.74. The van der Waals surface area contributed by atoms with E-state index in [2.05, 4.69) is 0 Å². The number of piperidine rings is 1. The number of nitro benzene ring substituents is 1. The topological polar surface area (TPSA) is 143 Å². The van der Waals surface area contributed by atoms with E-state index in [1.165, 1.54) is 58.1 Å². The average Bonchev–Trinajstić information content (AvgIpc) is 3.38. The Kier molecular flexibility index (Phi) is 9.07. The van der Waals surface area contributed by atoms with Crippen LogP contribution in [-0.4, -0.2) is 70.1 Å². The van der Waals surface area contributed by atoms with Gasteiger partial charge in [-0.15, -0.1) is 0 Å².